The van der Waals surface area contributed by atoms with E-state index in [2.05, 4.69) is 10.1 Å². The largest absolute Gasteiger partial charge is 0.382 e. The molecule has 1 heterocycles. The van der Waals surface area contributed by atoms with Gasteiger partial charge in [-0.15, -0.1) is 0 Å². The lowest BCUT2D eigenvalue weighted by Gasteiger charge is -2.35. The lowest BCUT2D eigenvalue weighted by Crippen LogP contribution is -2.38. The van der Waals surface area contributed by atoms with Gasteiger partial charge in [-0.25, -0.2) is 24.3 Å². The zero-order chi connectivity index (χ0) is 21.2. The van der Waals surface area contributed by atoms with Crippen molar-refractivity contribution < 1.29 is 18.7 Å². The van der Waals surface area contributed by atoms with Gasteiger partial charge in [0.05, 0.1) is 6.54 Å². The fourth-order valence-corrected chi connectivity index (χ4v) is 3.25. The van der Waals surface area contributed by atoms with E-state index >= 15 is 0 Å². The van der Waals surface area contributed by atoms with Gasteiger partial charge < -0.3 is 5.11 Å². The summed E-state index contributed by atoms with van der Waals surface area (Å²) in [7, 11) is 1.44. The average molecular weight is 401 g/mol. The number of carbonyl (C=O) groups excluding carboxylic acids is 1. The molecule has 7 nitrogen and oxygen atoms in total. The molecule has 0 aliphatic carbocycles. The molecule has 0 spiro atoms. The molecule has 0 bridgehead atoms. The molecule has 0 fully saturated rings. The number of hydrazine groups is 1. The average Bonchev–Trinajstić information content (AvgIpc) is 3.19. The number of amides is 1. The summed E-state index contributed by atoms with van der Waals surface area (Å²) in [5, 5.41) is 16.5. The van der Waals surface area contributed by atoms with Crippen LogP contribution in [0, 0.1) is 11.6 Å². The molecule has 1 aromatic heterocycles. The number of hydrogen-bond donors (Lipinski definition) is 2. The molecule has 3 N–H and O–H groups in total. The minimum Gasteiger partial charge on any atom is -0.382 e. The van der Waals surface area contributed by atoms with E-state index in [1.54, 1.807) is 31.2 Å². The Kier molecular flexibility index (Phi) is 5.71. The summed E-state index contributed by atoms with van der Waals surface area (Å²) < 4.78 is 29.4. The van der Waals surface area contributed by atoms with Gasteiger partial charge in [0.15, 0.2) is 0 Å². The zero-order valence-corrected chi connectivity index (χ0v) is 16.0. The molecule has 0 saturated heterocycles. The highest BCUT2D eigenvalue weighted by molar-refractivity contribution is 5.93. The third kappa shape index (κ3) is 4.15. The Morgan fingerprint density at radius 1 is 1.28 bits per heavy atom. The van der Waals surface area contributed by atoms with Crippen LogP contribution < -0.4 is 5.84 Å². The standard InChI is InChI=1S/C20H21F2N5O2/c1-13(14-3-5-15(6-4-14)19(28)26(2)23)20(29,10-27-12-24-11-25-27)17-8-7-16(21)9-18(17)22/h3-9,11-13,29H,10,23H2,1-2H3/t13-,20+/m0/s1. The fraction of sp³-hybridized carbons (Fsp3) is 0.250. The van der Waals surface area contributed by atoms with Crippen molar-refractivity contribution in [2.75, 3.05) is 7.05 Å². The van der Waals surface area contributed by atoms with Crippen LogP contribution >= 0.6 is 0 Å². The summed E-state index contributed by atoms with van der Waals surface area (Å²) >= 11 is 0. The molecule has 3 aromatic rings. The molecule has 0 saturated carbocycles. The van der Waals surface area contributed by atoms with Crippen molar-refractivity contribution in [2.24, 2.45) is 5.84 Å². The number of benzene rings is 2. The Bertz CT molecular complexity index is 993. The Labute approximate surface area is 166 Å². The first-order valence-corrected chi connectivity index (χ1v) is 8.85. The van der Waals surface area contributed by atoms with E-state index < -0.39 is 23.2 Å². The minimum atomic E-state index is -1.76. The van der Waals surface area contributed by atoms with E-state index in [1.165, 1.54) is 30.5 Å². The van der Waals surface area contributed by atoms with Gasteiger partial charge in [0, 0.05) is 30.2 Å². The molecule has 1 amide bonds. The fourth-order valence-electron chi connectivity index (χ4n) is 3.25. The second kappa shape index (κ2) is 8.06. The van der Waals surface area contributed by atoms with Crippen molar-refractivity contribution in [1.29, 1.82) is 0 Å². The molecule has 0 aliphatic rings. The number of hydrogen-bond acceptors (Lipinski definition) is 5. The summed E-state index contributed by atoms with van der Waals surface area (Å²) in [6, 6.07) is 9.52. The van der Waals surface area contributed by atoms with Crippen molar-refractivity contribution in [3.8, 4) is 0 Å². The first-order chi connectivity index (χ1) is 13.7. The smallest absolute Gasteiger partial charge is 0.267 e. The molecule has 2 atom stereocenters. The van der Waals surface area contributed by atoms with E-state index in [0.717, 1.165) is 17.1 Å². The van der Waals surface area contributed by atoms with Crippen molar-refractivity contribution in [2.45, 2.75) is 25.0 Å². The lowest BCUT2D eigenvalue weighted by atomic mass is 9.78. The van der Waals surface area contributed by atoms with Crippen molar-refractivity contribution in [3.63, 3.8) is 0 Å². The van der Waals surface area contributed by atoms with Crippen LogP contribution in [-0.2, 0) is 12.1 Å². The van der Waals surface area contributed by atoms with Gasteiger partial charge in [0.25, 0.3) is 5.91 Å². The molecule has 152 valence electrons. The molecule has 0 radical (unpaired) electrons. The maximum atomic E-state index is 14.6. The molecule has 0 unspecified atom stereocenters. The van der Waals surface area contributed by atoms with Gasteiger partial charge in [-0.1, -0.05) is 25.1 Å². The van der Waals surface area contributed by atoms with Gasteiger partial charge in [-0.3, -0.25) is 9.80 Å². The normalized spacial score (nSPS) is 14.3. The van der Waals surface area contributed by atoms with Gasteiger partial charge >= 0.3 is 0 Å². The van der Waals surface area contributed by atoms with Crippen LogP contribution in [0.25, 0.3) is 0 Å². The molecular weight excluding hydrogens is 380 g/mol. The Hall–Kier alpha value is -3.17. The van der Waals surface area contributed by atoms with E-state index in [9.17, 15) is 18.7 Å². The number of nitrogens with two attached hydrogens (primary N) is 1. The van der Waals surface area contributed by atoms with Crippen LogP contribution in [0.5, 0.6) is 0 Å². The summed E-state index contributed by atoms with van der Waals surface area (Å²) in [5.74, 6) is 2.86. The van der Waals surface area contributed by atoms with Crippen LogP contribution in [0.15, 0.2) is 55.1 Å². The van der Waals surface area contributed by atoms with Crippen LogP contribution in [0.3, 0.4) is 0 Å². The Balaban J connectivity index is 2.02. The number of nitrogens with zero attached hydrogens (tertiary/aromatic N) is 4. The molecular formula is C20H21F2N5O2. The maximum absolute atomic E-state index is 14.6. The van der Waals surface area contributed by atoms with Crippen LogP contribution in [-0.4, -0.2) is 37.8 Å². The molecule has 0 aliphatic heterocycles. The SMILES string of the molecule is C[C@@H](c1ccc(C(=O)N(C)N)cc1)[C@](O)(Cn1cncn1)c1ccc(F)cc1F. The summed E-state index contributed by atoms with van der Waals surface area (Å²) in [4.78, 5) is 15.8. The highest BCUT2D eigenvalue weighted by atomic mass is 19.1. The summed E-state index contributed by atoms with van der Waals surface area (Å²) in [6.45, 7) is 1.61. The van der Waals surface area contributed by atoms with Gasteiger partial charge in [-0.05, 0) is 23.8 Å². The maximum Gasteiger partial charge on any atom is 0.267 e. The van der Waals surface area contributed by atoms with E-state index in [0.29, 0.717) is 11.1 Å². The third-order valence-electron chi connectivity index (χ3n) is 4.96. The second-order valence-corrected chi connectivity index (χ2v) is 6.90. The van der Waals surface area contributed by atoms with Crippen molar-refractivity contribution in [3.05, 3.63) is 83.4 Å². The highest BCUT2D eigenvalue weighted by Crippen LogP contribution is 2.39. The molecule has 9 heteroatoms. The zero-order valence-electron chi connectivity index (χ0n) is 16.0. The quantitative estimate of drug-likeness (QED) is 0.375. The van der Waals surface area contributed by atoms with Gasteiger partial charge in [0.1, 0.15) is 29.9 Å². The Morgan fingerprint density at radius 2 is 1.97 bits per heavy atom. The monoisotopic (exact) mass is 401 g/mol. The first-order valence-electron chi connectivity index (χ1n) is 8.85. The van der Waals surface area contributed by atoms with Crippen molar-refractivity contribution in [1.82, 2.24) is 19.8 Å². The van der Waals surface area contributed by atoms with E-state index in [4.69, 9.17) is 5.84 Å². The topological polar surface area (TPSA) is 97.3 Å². The predicted molar refractivity (Wildman–Crippen MR) is 101 cm³/mol. The predicted octanol–water partition coefficient (Wildman–Crippen LogP) is 2.19. The molecule has 2 aromatic carbocycles. The summed E-state index contributed by atoms with van der Waals surface area (Å²) in [5.41, 5.74) is -0.808. The van der Waals surface area contributed by atoms with Crippen LogP contribution in [0.2, 0.25) is 0 Å². The minimum absolute atomic E-state index is 0.0660. The van der Waals surface area contributed by atoms with Crippen LogP contribution in [0.4, 0.5) is 8.78 Å². The lowest BCUT2D eigenvalue weighted by molar-refractivity contribution is -0.0112. The van der Waals surface area contributed by atoms with Crippen LogP contribution in [0.1, 0.15) is 34.3 Å². The van der Waals surface area contributed by atoms with Gasteiger partial charge in [-0.2, -0.15) is 5.10 Å². The molecule has 3 rings (SSSR count). The number of halogens is 2. The summed E-state index contributed by atoms with van der Waals surface area (Å²) in [6.07, 6.45) is 2.70. The first kappa shape index (κ1) is 20.6. The highest BCUT2D eigenvalue weighted by Gasteiger charge is 2.40. The molecule has 29 heavy (non-hydrogen) atoms. The van der Waals surface area contributed by atoms with Gasteiger partial charge in [0.2, 0.25) is 0 Å². The van der Waals surface area contributed by atoms with Crippen molar-refractivity contribution >= 4 is 5.91 Å². The van der Waals surface area contributed by atoms with E-state index in [-0.39, 0.29) is 18.0 Å². The Morgan fingerprint density at radius 3 is 2.52 bits per heavy atom. The number of aliphatic hydroxyl groups is 1. The number of aromatic nitrogens is 3. The van der Waals surface area contributed by atoms with E-state index in [1.807, 2.05) is 0 Å². The number of carbonyl (C=O) groups is 1. The second-order valence-electron chi connectivity index (χ2n) is 6.90. The number of rotatable bonds is 6. The third-order valence-corrected chi connectivity index (χ3v) is 4.96.